The molecular weight excluding hydrogens is 469 g/mol. The van der Waals surface area contributed by atoms with Crippen LogP contribution in [0, 0.1) is 34.5 Å². The van der Waals surface area contributed by atoms with E-state index in [2.05, 4.69) is 72.8 Å². The molecular formula is C28H56O3Si3. The summed E-state index contributed by atoms with van der Waals surface area (Å²) in [5.74, 6) is 3.37. The molecule has 198 valence electrons. The molecule has 9 atom stereocenters. The first-order valence-corrected chi connectivity index (χ1v) is 24.7. The number of hydrogen-bond acceptors (Lipinski definition) is 3. The maximum atomic E-state index is 7.03. The van der Waals surface area contributed by atoms with E-state index in [1.54, 1.807) is 0 Å². The lowest BCUT2D eigenvalue weighted by atomic mass is 9.45. The van der Waals surface area contributed by atoms with Crippen LogP contribution in [0.15, 0.2) is 0 Å². The summed E-state index contributed by atoms with van der Waals surface area (Å²) in [6.45, 7) is 26.5. The second kappa shape index (κ2) is 9.07. The van der Waals surface area contributed by atoms with Gasteiger partial charge in [0, 0.05) is 6.10 Å². The molecule has 0 N–H and O–H groups in total. The zero-order valence-electron chi connectivity index (χ0n) is 24.4. The first-order chi connectivity index (χ1) is 15.4. The minimum atomic E-state index is -1.65. The zero-order valence-corrected chi connectivity index (χ0v) is 27.4. The fourth-order valence-corrected chi connectivity index (χ4v) is 12.4. The van der Waals surface area contributed by atoms with Crippen molar-refractivity contribution in [1.29, 1.82) is 0 Å². The molecule has 3 nitrogen and oxygen atoms in total. The minimum Gasteiger partial charge on any atom is -0.415 e. The topological polar surface area (TPSA) is 27.7 Å². The Morgan fingerprint density at radius 3 is 1.76 bits per heavy atom. The second-order valence-corrected chi connectivity index (χ2v) is 29.4. The van der Waals surface area contributed by atoms with Crippen LogP contribution < -0.4 is 0 Å². The van der Waals surface area contributed by atoms with Gasteiger partial charge in [-0.3, -0.25) is 0 Å². The van der Waals surface area contributed by atoms with E-state index < -0.39 is 25.0 Å². The van der Waals surface area contributed by atoms with Crippen LogP contribution in [0.1, 0.15) is 65.2 Å². The number of fused-ring (bicyclic) bond motifs is 5. The standard InChI is InChI=1S/C28H56O3Si3/c1-27-16-14-21(29-32(3,4)5)18-20(27)12-13-22-23(27)15-17-28(2)24(22)19-25(30-33(6,7)8)26(28)31-34(9,10)11/h20-26H,12-19H2,1-11H3/t20-,21-,22?,23?,24?,25+,26-,27?,28?/m1/s1. The average Bonchev–Trinajstić information content (AvgIpc) is 2.90. The van der Waals surface area contributed by atoms with Gasteiger partial charge in [-0.2, -0.15) is 0 Å². The highest BCUT2D eigenvalue weighted by molar-refractivity contribution is 6.70. The van der Waals surface area contributed by atoms with Gasteiger partial charge in [-0.1, -0.05) is 13.8 Å². The third kappa shape index (κ3) is 5.52. The van der Waals surface area contributed by atoms with Gasteiger partial charge >= 0.3 is 0 Å². The summed E-state index contributed by atoms with van der Waals surface area (Å²) in [7, 11) is -4.74. The van der Waals surface area contributed by atoms with E-state index in [4.69, 9.17) is 13.3 Å². The number of rotatable bonds is 6. The Labute approximate surface area is 214 Å². The van der Waals surface area contributed by atoms with Crippen LogP contribution in [0.5, 0.6) is 0 Å². The van der Waals surface area contributed by atoms with Gasteiger partial charge in [-0.15, -0.1) is 0 Å². The van der Waals surface area contributed by atoms with E-state index in [0.717, 1.165) is 23.7 Å². The van der Waals surface area contributed by atoms with Crippen LogP contribution in [0.3, 0.4) is 0 Å². The predicted octanol–water partition coefficient (Wildman–Crippen LogP) is 8.30. The Balaban J connectivity index is 1.56. The molecule has 4 aliphatic rings. The minimum absolute atomic E-state index is 0.285. The lowest BCUT2D eigenvalue weighted by Crippen LogP contribution is -2.56. The smallest absolute Gasteiger partial charge is 0.184 e. The van der Waals surface area contributed by atoms with Crippen molar-refractivity contribution >= 4 is 25.0 Å². The SMILES string of the molecule is CC12CC[C@@H](O[Si](C)(C)C)C[C@H]1CCC1C2CCC2(C)C1C[C@H](O[Si](C)(C)C)[C@H]2O[Si](C)(C)C. The Morgan fingerprint density at radius 1 is 0.588 bits per heavy atom. The Kier molecular flexibility index (Phi) is 7.36. The first kappa shape index (κ1) is 27.6. The van der Waals surface area contributed by atoms with Crippen molar-refractivity contribution in [2.45, 2.75) is 142 Å². The van der Waals surface area contributed by atoms with E-state index in [1.165, 1.54) is 51.4 Å². The zero-order chi connectivity index (χ0) is 25.3. The quantitative estimate of drug-likeness (QED) is 0.327. The summed E-state index contributed by atoms with van der Waals surface area (Å²) in [5, 5.41) is 0. The molecule has 6 heteroatoms. The van der Waals surface area contributed by atoms with Crippen molar-refractivity contribution in [1.82, 2.24) is 0 Å². The van der Waals surface area contributed by atoms with Crippen molar-refractivity contribution in [3.8, 4) is 0 Å². The molecule has 34 heavy (non-hydrogen) atoms. The molecule has 0 amide bonds. The molecule has 0 heterocycles. The molecule has 0 spiro atoms. The van der Waals surface area contributed by atoms with Crippen molar-refractivity contribution in [3.63, 3.8) is 0 Å². The molecule has 4 aliphatic carbocycles. The van der Waals surface area contributed by atoms with Gasteiger partial charge in [0.1, 0.15) is 0 Å². The van der Waals surface area contributed by atoms with Crippen LogP contribution >= 0.6 is 0 Å². The molecule has 4 rings (SSSR count). The molecule has 0 saturated heterocycles. The van der Waals surface area contributed by atoms with Crippen molar-refractivity contribution in [2.75, 3.05) is 0 Å². The van der Waals surface area contributed by atoms with E-state index in [1.807, 2.05) is 0 Å². The highest BCUT2D eigenvalue weighted by Gasteiger charge is 2.63. The van der Waals surface area contributed by atoms with Crippen LogP contribution in [0.2, 0.25) is 58.9 Å². The molecule has 4 fully saturated rings. The fourth-order valence-electron chi connectivity index (χ4n) is 8.92. The lowest BCUT2D eigenvalue weighted by molar-refractivity contribution is -0.131. The summed E-state index contributed by atoms with van der Waals surface area (Å²) in [6.07, 6.45) is 11.9. The monoisotopic (exact) mass is 524 g/mol. The maximum absolute atomic E-state index is 7.03. The summed E-state index contributed by atoms with van der Waals surface area (Å²) >= 11 is 0. The summed E-state index contributed by atoms with van der Waals surface area (Å²) in [6, 6.07) is 0. The average molecular weight is 525 g/mol. The van der Waals surface area contributed by atoms with Crippen LogP contribution in [0.25, 0.3) is 0 Å². The normalized spacial score (nSPS) is 45.4. The van der Waals surface area contributed by atoms with Crippen LogP contribution in [-0.4, -0.2) is 43.3 Å². The Hall–Kier alpha value is 0.531. The maximum Gasteiger partial charge on any atom is 0.184 e. The molecule has 0 aromatic heterocycles. The fraction of sp³-hybridized carbons (Fsp3) is 1.00. The van der Waals surface area contributed by atoms with Gasteiger partial charge in [-0.25, -0.2) is 0 Å². The van der Waals surface area contributed by atoms with Gasteiger partial charge in [0.2, 0.25) is 0 Å². The molecule has 0 radical (unpaired) electrons. The molecule has 0 aliphatic heterocycles. The highest BCUT2D eigenvalue weighted by atomic mass is 28.4. The van der Waals surface area contributed by atoms with E-state index >= 15 is 0 Å². The summed E-state index contributed by atoms with van der Waals surface area (Å²) in [5.41, 5.74) is 0.795. The molecule has 0 bridgehead atoms. The second-order valence-electron chi connectivity index (χ2n) is 16.0. The molecule has 0 aromatic rings. The van der Waals surface area contributed by atoms with Gasteiger partial charge in [-0.05, 0) is 145 Å². The predicted molar refractivity (Wildman–Crippen MR) is 152 cm³/mol. The van der Waals surface area contributed by atoms with Gasteiger partial charge in [0.05, 0.1) is 12.2 Å². The third-order valence-electron chi connectivity index (χ3n) is 10.0. The molecule has 4 saturated carbocycles. The largest absolute Gasteiger partial charge is 0.415 e. The van der Waals surface area contributed by atoms with Crippen molar-refractivity contribution in [2.24, 2.45) is 34.5 Å². The summed E-state index contributed by atoms with van der Waals surface area (Å²) < 4.78 is 20.6. The van der Waals surface area contributed by atoms with E-state index in [-0.39, 0.29) is 5.41 Å². The van der Waals surface area contributed by atoms with Crippen molar-refractivity contribution < 1.29 is 13.3 Å². The van der Waals surface area contributed by atoms with Crippen LogP contribution in [0.4, 0.5) is 0 Å². The Morgan fingerprint density at radius 2 is 1.18 bits per heavy atom. The summed E-state index contributed by atoms with van der Waals surface area (Å²) in [4.78, 5) is 0. The van der Waals surface area contributed by atoms with Gasteiger partial charge in [0.15, 0.2) is 25.0 Å². The van der Waals surface area contributed by atoms with Crippen molar-refractivity contribution in [3.05, 3.63) is 0 Å². The third-order valence-corrected chi connectivity index (χ3v) is 13.0. The van der Waals surface area contributed by atoms with Gasteiger partial charge in [0.25, 0.3) is 0 Å². The van der Waals surface area contributed by atoms with Crippen LogP contribution in [-0.2, 0) is 13.3 Å². The Bertz CT molecular complexity index is 739. The first-order valence-electron chi connectivity index (χ1n) is 14.4. The highest BCUT2D eigenvalue weighted by Crippen LogP contribution is 2.67. The van der Waals surface area contributed by atoms with E-state index in [9.17, 15) is 0 Å². The molecule has 5 unspecified atom stereocenters. The molecule has 0 aromatic carbocycles. The number of hydrogen-bond donors (Lipinski definition) is 0. The van der Waals surface area contributed by atoms with Gasteiger partial charge < -0.3 is 13.3 Å². The lowest BCUT2D eigenvalue weighted by Gasteiger charge is -2.61. The van der Waals surface area contributed by atoms with E-state index in [0.29, 0.717) is 23.7 Å².